The van der Waals surface area contributed by atoms with E-state index in [1.807, 2.05) is 24.3 Å². The van der Waals surface area contributed by atoms with Crippen LogP contribution in [0, 0.1) is 11.3 Å². The molecule has 0 radical (unpaired) electrons. The fourth-order valence-corrected chi connectivity index (χ4v) is 1.43. The zero-order chi connectivity index (χ0) is 11.8. The van der Waals surface area contributed by atoms with Gasteiger partial charge in [0.2, 0.25) is 0 Å². The van der Waals surface area contributed by atoms with Gasteiger partial charge in [0.1, 0.15) is 0 Å². The topological polar surface area (TPSA) is 47.8 Å². The van der Waals surface area contributed by atoms with Crippen LogP contribution in [-0.4, -0.2) is 11.7 Å². The molecule has 1 aromatic carbocycles. The maximum Gasteiger partial charge on any atom is 0.170 e. The Kier molecular flexibility index (Phi) is 5.30. The quantitative estimate of drug-likeness (QED) is 0.784. The van der Waals surface area contributed by atoms with E-state index in [4.69, 9.17) is 17.5 Å². The number of thiocarbonyl (C=S) groups is 1. The fraction of sp³-hybridized carbons (Fsp3) is 0.333. The first-order chi connectivity index (χ1) is 7.76. The molecule has 0 amide bonds. The van der Waals surface area contributed by atoms with E-state index in [1.54, 1.807) is 0 Å². The second kappa shape index (κ2) is 6.81. The third-order valence-electron chi connectivity index (χ3n) is 2.03. The van der Waals surface area contributed by atoms with Gasteiger partial charge in [0.25, 0.3) is 0 Å². The molecule has 0 unspecified atom stereocenters. The first kappa shape index (κ1) is 12.5. The maximum atomic E-state index is 8.54. The van der Waals surface area contributed by atoms with Crippen LogP contribution in [0.1, 0.15) is 18.9 Å². The lowest BCUT2D eigenvalue weighted by molar-refractivity contribution is 0.846. The molecule has 0 aliphatic heterocycles. The summed E-state index contributed by atoms with van der Waals surface area (Å²) in [6.07, 6.45) is 1.49. The van der Waals surface area contributed by atoms with Gasteiger partial charge in [-0.2, -0.15) is 5.26 Å². The van der Waals surface area contributed by atoms with Crippen LogP contribution in [0.3, 0.4) is 0 Å². The third kappa shape index (κ3) is 4.28. The Bertz CT molecular complexity index is 378. The number of rotatable bonds is 4. The van der Waals surface area contributed by atoms with E-state index in [-0.39, 0.29) is 0 Å². The lowest BCUT2D eigenvalue weighted by Crippen LogP contribution is -2.28. The summed E-state index contributed by atoms with van der Waals surface area (Å²) in [6.45, 7) is 2.96. The summed E-state index contributed by atoms with van der Waals surface area (Å²) in [5, 5.41) is 15.3. The van der Waals surface area contributed by atoms with Crippen molar-refractivity contribution in [3.63, 3.8) is 0 Å². The van der Waals surface area contributed by atoms with Gasteiger partial charge in [-0.25, -0.2) is 0 Å². The van der Waals surface area contributed by atoms with Crippen LogP contribution in [0.5, 0.6) is 0 Å². The molecule has 0 aliphatic rings. The molecule has 0 saturated carbocycles. The molecule has 2 N–H and O–H groups in total. The Labute approximate surface area is 101 Å². The van der Waals surface area contributed by atoms with Crippen molar-refractivity contribution in [2.45, 2.75) is 19.8 Å². The predicted octanol–water partition coefficient (Wildman–Crippen LogP) is 2.45. The number of nitriles is 1. The first-order valence-corrected chi connectivity index (χ1v) is 5.68. The van der Waals surface area contributed by atoms with Crippen LogP contribution in [-0.2, 0) is 6.42 Å². The Hall–Kier alpha value is -1.60. The van der Waals surface area contributed by atoms with E-state index in [2.05, 4.69) is 23.6 Å². The minimum atomic E-state index is 0.443. The van der Waals surface area contributed by atoms with E-state index < -0.39 is 0 Å². The molecule has 3 nitrogen and oxygen atoms in total. The number of anilines is 1. The summed E-state index contributed by atoms with van der Waals surface area (Å²) in [5.74, 6) is 0. The van der Waals surface area contributed by atoms with Crippen molar-refractivity contribution in [1.29, 1.82) is 5.26 Å². The average molecular weight is 233 g/mol. The summed E-state index contributed by atoms with van der Waals surface area (Å²) in [7, 11) is 0. The fourth-order valence-electron chi connectivity index (χ4n) is 1.21. The molecule has 0 fully saturated rings. The van der Waals surface area contributed by atoms with Gasteiger partial charge < -0.3 is 10.6 Å². The van der Waals surface area contributed by atoms with Crippen molar-refractivity contribution in [1.82, 2.24) is 5.32 Å². The summed E-state index contributed by atoms with van der Waals surface area (Å²) in [6, 6.07) is 9.81. The first-order valence-electron chi connectivity index (χ1n) is 5.27. The zero-order valence-electron chi connectivity index (χ0n) is 9.29. The van der Waals surface area contributed by atoms with Gasteiger partial charge >= 0.3 is 0 Å². The SMILES string of the molecule is CCCNC(=S)Nc1ccc(CC#N)cc1. The van der Waals surface area contributed by atoms with Crippen molar-refractivity contribution >= 4 is 23.0 Å². The Morgan fingerprint density at radius 3 is 2.62 bits per heavy atom. The molecule has 0 spiro atoms. The minimum Gasteiger partial charge on any atom is -0.362 e. The van der Waals surface area contributed by atoms with Crippen LogP contribution in [0.4, 0.5) is 5.69 Å². The molecule has 0 saturated heterocycles. The molecule has 0 aromatic heterocycles. The van der Waals surface area contributed by atoms with E-state index in [1.165, 1.54) is 0 Å². The standard InChI is InChI=1S/C12H15N3S/c1-2-9-14-12(16)15-11-5-3-10(4-6-11)7-8-13/h3-6H,2,7,9H2,1H3,(H2,14,15,16). The van der Waals surface area contributed by atoms with Crippen molar-refractivity contribution in [3.8, 4) is 6.07 Å². The molecule has 0 atom stereocenters. The summed E-state index contributed by atoms with van der Waals surface area (Å²) in [5.41, 5.74) is 1.95. The average Bonchev–Trinajstić information content (AvgIpc) is 2.29. The van der Waals surface area contributed by atoms with E-state index in [0.29, 0.717) is 11.5 Å². The van der Waals surface area contributed by atoms with E-state index >= 15 is 0 Å². The van der Waals surface area contributed by atoms with Crippen molar-refractivity contribution in [2.24, 2.45) is 0 Å². The largest absolute Gasteiger partial charge is 0.362 e. The monoisotopic (exact) mass is 233 g/mol. The van der Waals surface area contributed by atoms with Gasteiger partial charge in [0.05, 0.1) is 12.5 Å². The number of nitrogens with one attached hydrogen (secondary N) is 2. The molecule has 1 rings (SSSR count). The van der Waals surface area contributed by atoms with Gasteiger partial charge in [0, 0.05) is 12.2 Å². The molecule has 0 heterocycles. The molecule has 0 bridgehead atoms. The lowest BCUT2D eigenvalue weighted by atomic mass is 10.1. The molecule has 84 valence electrons. The van der Waals surface area contributed by atoms with Crippen LogP contribution in [0.15, 0.2) is 24.3 Å². The third-order valence-corrected chi connectivity index (χ3v) is 2.28. The van der Waals surface area contributed by atoms with Crippen LogP contribution in [0.2, 0.25) is 0 Å². The highest BCUT2D eigenvalue weighted by molar-refractivity contribution is 7.80. The Morgan fingerprint density at radius 2 is 2.06 bits per heavy atom. The van der Waals surface area contributed by atoms with Gasteiger partial charge in [-0.05, 0) is 36.3 Å². The van der Waals surface area contributed by atoms with Crippen LogP contribution < -0.4 is 10.6 Å². The number of nitrogens with zero attached hydrogens (tertiary/aromatic N) is 1. The highest BCUT2D eigenvalue weighted by Crippen LogP contribution is 2.09. The molecule has 1 aromatic rings. The maximum absolute atomic E-state index is 8.54. The molecular weight excluding hydrogens is 218 g/mol. The normalized spacial score (nSPS) is 9.25. The van der Waals surface area contributed by atoms with E-state index in [9.17, 15) is 0 Å². The predicted molar refractivity (Wildman–Crippen MR) is 70.3 cm³/mol. The summed E-state index contributed by atoms with van der Waals surface area (Å²) < 4.78 is 0. The lowest BCUT2D eigenvalue weighted by Gasteiger charge is -2.09. The van der Waals surface area contributed by atoms with Crippen molar-refractivity contribution in [2.75, 3.05) is 11.9 Å². The molecular formula is C12H15N3S. The van der Waals surface area contributed by atoms with Gasteiger partial charge in [-0.1, -0.05) is 19.1 Å². The highest BCUT2D eigenvalue weighted by Gasteiger charge is 1.96. The second-order valence-corrected chi connectivity index (χ2v) is 3.82. The molecule has 16 heavy (non-hydrogen) atoms. The van der Waals surface area contributed by atoms with Gasteiger partial charge in [-0.3, -0.25) is 0 Å². The number of benzene rings is 1. The van der Waals surface area contributed by atoms with E-state index in [0.717, 1.165) is 24.2 Å². The Balaban J connectivity index is 2.49. The van der Waals surface area contributed by atoms with Gasteiger partial charge in [0.15, 0.2) is 5.11 Å². The zero-order valence-corrected chi connectivity index (χ0v) is 10.1. The van der Waals surface area contributed by atoms with Gasteiger partial charge in [-0.15, -0.1) is 0 Å². The second-order valence-electron chi connectivity index (χ2n) is 3.41. The minimum absolute atomic E-state index is 0.443. The molecule has 0 aliphatic carbocycles. The Morgan fingerprint density at radius 1 is 1.38 bits per heavy atom. The van der Waals surface area contributed by atoms with Crippen LogP contribution >= 0.6 is 12.2 Å². The van der Waals surface area contributed by atoms with Crippen molar-refractivity contribution < 1.29 is 0 Å². The number of hydrogen-bond acceptors (Lipinski definition) is 2. The van der Waals surface area contributed by atoms with Crippen molar-refractivity contribution in [3.05, 3.63) is 29.8 Å². The molecule has 4 heteroatoms. The smallest absolute Gasteiger partial charge is 0.170 e. The number of hydrogen-bond donors (Lipinski definition) is 2. The summed E-state index contributed by atoms with van der Waals surface area (Å²) in [4.78, 5) is 0. The summed E-state index contributed by atoms with van der Waals surface area (Å²) >= 11 is 5.11. The highest BCUT2D eigenvalue weighted by atomic mass is 32.1. The van der Waals surface area contributed by atoms with Crippen LogP contribution in [0.25, 0.3) is 0 Å².